The first kappa shape index (κ1) is 15.0. The van der Waals surface area contributed by atoms with Crippen molar-refractivity contribution in [1.82, 2.24) is 0 Å². The zero-order chi connectivity index (χ0) is 14.0. The lowest BCUT2D eigenvalue weighted by Crippen LogP contribution is -2.24. The molecule has 0 heterocycles. The minimum atomic E-state index is -4.56. The van der Waals surface area contributed by atoms with Crippen LogP contribution in [0.25, 0.3) is 0 Å². The van der Waals surface area contributed by atoms with Crippen LogP contribution >= 0.6 is 11.9 Å². The average Bonchev–Trinajstić information content (AvgIpc) is 2.17. The molecule has 0 aromatic heterocycles. The van der Waals surface area contributed by atoms with Crippen LogP contribution in [0, 0.1) is 5.82 Å². The van der Waals surface area contributed by atoms with Crippen LogP contribution in [0.1, 0.15) is 26.3 Å². The molecule has 0 N–H and O–H groups in total. The standard InChI is InChI=1S/C12H13F4NS/c1-11(2,3)18-17-10(12(14,15)16)8-4-6-9(13)7-5-8/h4-7H,1-3H3/b17-10-. The summed E-state index contributed by atoms with van der Waals surface area (Å²) in [5, 5.41) is 0. The number of alkyl halides is 3. The first-order chi connectivity index (χ1) is 8.09. The maximum atomic E-state index is 12.8. The average molecular weight is 279 g/mol. The van der Waals surface area contributed by atoms with Gasteiger partial charge >= 0.3 is 6.18 Å². The van der Waals surface area contributed by atoms with Crippen LogP contribution < -0.4 is 0 Å². The van der Waals surface area contributed by atoms with Crippen molar-refractivity contribution in [2.75, 3.05) is 0 Å². The molecule has 0 aliphatic rings. The van der Waals surface area contributed by atoms with E-state index in [1.165, 1.54) is 0 Å². The Morgan fingerprint density at radius 3 is 1.94 bits per heavy atom. The fourth-order valence-electron chi connectivity index (χ4n) is 1.06. The highest BCUT2D eigenvalue weighted by atomic mass is 32.2. The quantitative estimate of drug-likeness (QED) is 0.437. The molecule has 18 heavy (non-hydrogen) atoms. The maximum absolute atomic E-state index is 12.8. The maximum Gasteiger partial charge on any atom is 0.434 e. The van der Waals surface area contributed by atoms with E-state index in [1.807, 2.05) is 0 Å². The Kier molecular flexibility index (Phi) is 4.42. The summed E-state index contributed by atoms with van der Waals surface area (Å²) in [6.45, 7) is 5.29. The molecule has 6 heteroatoms. The monoisotopic (exact) mass is 279 g/mol. The lowest BCUT2D eigenvalue weighted by Gasteiger charge is -2.16. The van der Waals surface area contributed by atoms with Crippen LogP contribution in [0.2, 0.25) is 0 Å². The van der Waals surface area contributed by atoms with Gasteiger partial charge in [0.25, 0.3) is 0 Å². The fraction of sp³-hybridized carbons (Fsp3) is 0.417. The van der Waals surface area contributed by atoms with Gasteiger partial charge in [0.1, 0.15) is 5.82 Å². The van der Waals surface area contributed by atoms with Crippen molar-refractivity contribution >= 4 is 17.7 Å². The van der Waals surface area contributed by atoms with Gasteiger partial charge in [-0.2, -0.15) is 13.2 Å². The number of halogens is 4. The van der Waals surface area contributed by atoms with Gasteiger partial charge in [-0.25, -0.2) is 8.79 Å². The van der Waals surface area contributed by atoms with E-state index >= 15 is 0 Å². The first-order valence-corrected chi connectivity index (χ1v) is 5.96. The number of hydrogen-bond acceptors (Lipinski definition) is 2. The third-order valence-corrected chi connectivity index (χ3v) is 2.62. The minimum absolute atomic E-state index is 0.138. The van der Waals surface area contributed by atoms with Gasteiger partial charge in [-0.15, -0.1) is 0 Å². The molecule has 0 atom stereocenters. The van der Waals surface area contributed by atoms with E-state index < -0.39 is 22.5 Å². The lowest BCUT2D eigenvalue weighted by atomic mass is 10.1. The van der Waals surface area contributed by atoms with Gasteiger partial charge in [-0.1, -0.05) is 0 Å². The molecule has 0 fully saturated rings. The molecule has 0 radical (unpaired) electrons. The third kappa shape index (κ3) is 4.68. The molecule has 1 rings (SSSR count). The zero-order valence-electron chi connectivity index (χ0n) is 10.2. The molecule has 1 aromatic carbocycles. The van der Waals surface area contributed by atoms with Crippen LogP contribution in [0.5, 0.6) is 0 Å². The fourth-order valence-corrected chi connectivity index (χ4v) is 1.63. The Balaban J connectivity index is 3.11. The minimum Gasteiger partial charge on any atom is -0.210 e. The van der Waals surface area contributed by atoms with E-state index in [1.54, 1.807) is 20.8 Å². The second-order valence-corrected chi connectivity index (χ2v) is 6.24. The van der Waals surface area contributed by atoms with E-state index in [-0.39, 0.29) is 5.56 Å². The number of benzene rings is 1. The largest absolute Gasteiger partial charge is 0.434 e. The van der Waals surface area contributed by atoms with Crippen molar-refractivity contribution in [3.63, 3.8) is 0 Å². The van der Waals surface area contributed by atoms with Crippen LogP contribution in [-0.4, -0.2) is 16.6 Å². The first-order valence-electron chi connectivity index (χ1n) is 5.19. The van der Waals surface area contributed by atoms with Crippen molar-refractivity contribution in [3.05, 3.63) is 35.6 Å². The molecule has 0 saturated heterocycles. The lowest BCUT2D eigenvalue weighted by molar-refractivity contribution is -0.0578. The Morgan fingerprint density at radius 1 is 1.06 bits per heavy atom. The summed E-state index contributed by atoms with van der Waals surface area (Å²) in [6, 6.07) is 4.12. The number of hydrogen-bond donors (Lipinski definition) is 0. The highest BCUT2D eigenvalue weighted by Crippen LogP contribution is 2.30. The van der Waals surface area contributed by atoms with Crippen molar-refractivity contribution in [2.45, 2.75) is 31.7 Å². The normalized spacial score (nSPS) is 13.8. The molecular weight excluding hydrogens is 266 g/mol. The predicted octanol–water partition coefficient (Wildman–Crippen LogP) is 4.62. The summed E-state index contributed by atoms with van der Waals surface area (Å²) < 4.78 is 54.4. The van der Waals surface area contributed by atoms with Gasteiger partial charge in [0, 0.05) is 10.3 Å². The van der Waals surface area contributed by atoms with E-state index in [2.05, 4.69) is 4.40 Å². The van der Waals surface area contributed by atoms with Crippen LogP contribution in [0.3, 0.4) is 0 Å². The van der Waals surface area contributed by atoms with Crippen LogP contribution in [-0.2, 0) is 0 Å². The summed E-state index contributed by atoms with van der Waals surface area (Å²) in [5.74, 6) is -0.580. The molecule has 1 aromatic rings. The van der Waals surface area contributed by atoms with Gasteiger partial charge in [-0.3, -0.25) is 0 Å². The van der Waals surface area contributed by atoms with E-state index in [0.717, 1.165) is 36.2 Å². The highest BCUT2D eigenvalue weighted by molar-refractivity contribution is 7.99. The Hall–Kier alpha value is -1.04. The van der Waals surface area contributed by atoms with Crippen molar-refractivity contribution in [1.29, 1.82) is 0 Å². The van der Waals surface area contributed by atoms with E-state index in [4.69, 9.17) is 0 Å². The Bertz CT molecular complexity index is 429. The molecule has 0 amide bonds. The van der Waals surface area contributed by atoms with Gasteiger partial charge in [-0.05, 0) is 57.0 Å². The van der Waals surface area contributed by atoms with Gasteiger partial charge in [0.2, 0.25) is 0 Å². The van der Waals surface area contributed by atoms with Crippen molar-refractivity contribution in [2.24, 2.45) is 4.40 Å². The summed E-state index contributed by atoms with van der Waals surface area (Å²) >= 11 is 0.842. The topological polar surface area (TPSA) is 12.4 Å². The SMILES string of the molecule is CC(C)(C)S/N=C(/c1ccc(F)cc1)C(F)(F)F. The molecule has 1 nitrogen and oxygen atoms in total. The summed E-state index contributed by atoms with van der Waals surface area (Å²) in [4.78, 5) is 0. The van der Waals surface area contributed by atoms with Crippen molar-refractivity contribution < 1.29 is 17.6 Å². The molecule has 0 aliphatic carbocycles. The molecule has 0 bridgehead atoms. The molecule has 0 unspecified atom stereocenters. The van der Waals surface area contributed by atoms with Crippen LogP contribution in [0.15, 0.2) is 28.7 Å². The van der Waals surface area contributed by atoms with E-state index in [9.17, 15) is 17.6 Å². The molecule has 0 saturated carbocycles. The van der Waals surface area contributed by atoms with Crippen LogP contribution in [0.4, 0.5) is 17.6 Å². The summed E-state index contributed by atoms with van der Waals surface area (Å²) in [7, 11) is 0. The zero-order valence-corrected chi connectivity index (χ0v) is 11.0. The van der Waals surface area contributed by atoms with Crippen molar-refractivity contribution in [3.8, 4) is 0 Å². The van der Waals surface area contributed by atoms with E-state index in [0.29, 0.717) is 0 Å². The Labute approximate surface area is 107 Å². The molecule has 0 spiro atoms. The summed E-state index contributed by atoms with van der Waals surface area (Å²) in [6.07, 6.45) is -4.56. The van der Waals surface area contributed by atoms with Gasteiger partial charge in [0.15, 0.2) is 5.71 Å². The second kappa shape index (κ2) is 5.30. The number of rotatable bonds is 2. The molecular formula is C12H13F4NS. The second-order valence-electron chi connectivity index (χ2n) is 4.65. The molecule has 0 aliphatic heterocycles. The summed E-state index contributed by atoms with van der Waals surface area (Å²) in [5.41, 5.74) is -1.14. The smallest absolute Gasteiger partial charge is 0.210 e. The third-order valence-electron chi connectivity index (χ3n) is 1.80. The molecule has 100 valence electrons. The predicted molar refractivity (Wildman–Crippen MR) is 66.3 cm³/mol. The van der Waals surface area contributed by atoms with Gasteiger partial charge < -0.3 is 0 Å². The van der Waals surface area contributed by atoms with Gasteiger partial charge in [0.05, 0.1) is 0 Å². The Morgan fingerprint density at radius 2 is 1.56 bits per heavy atom. The highest BCUT2D eigenvalue weighted by Gasteiger charge is 2.37. The number of nitrogens with zero attached hydrogens (tertiary/aromatic N) is 1.